The Balaban J connectivity index is 1.87. The zero-order valence-electron chi connectivity index (χ0n) is 14.4. The van der Waals surface area contributed by atoms with Crippen molar-refractivity contribution in [3.05, 3.63) is 60.2 Å². The molecule has 0 saturated carbocycles. The molecule has 0 atom stereocenters. The standard InChI is InChI=1S/C21H23NO2/c1-21(2,3)24-20(23)22-15-8-7-10-17-11-9-14-19(16-17)18-12-5-4-6-13-18/h4-6,9,11-14,16H,8,15H2,1-3H3,(H,22,23). The molecular weight excluding hydrogens is 298 g/mol. The minimum absolute atomic E-state index is 0.407. The second kappa shape index (κ2) is 8.21. The number of carbonyl (C=O) groups is 1. The first-order chi connectivity index (χ1) is 11.4. The number of alkyl carbamates (subject to hydrolysis) is 1. The molecule has 124 valence electrons. The second-order valence-electron chi connectivity index (χ2n) is 6.43. The smallest absolute Gasteiger partial charge is 0.407 e. The number of amides is 1. The van der Waals surface area contributed by atoms with E-state index in [-0.39, 0.29) is 0 Å². The van der Waals surface area contributed by atoms with Gasteiger partial charge < -0.3 is 10.1 Å². The van der Waals surface area contributed by atoms with Gasteiger partial charge in [-0.3, -0.25) is 0 Å². The Kier molecular flexibility index (Phi) is 6.03. The Morgan fingerprint density at radius 3 is 2.46 bits per heavy atom. The molecule has 2 aromatic rings. The van der Waals surface area contributed by atoms with Gasteiger partial charge in [-0.25, -0.2) is 4.79 Å². The molecule has 0 bridgehead atoms. The minimum atomic E-state index is -0.479. The van der Waals surface area contributed by atoms with Crippen LogP contribution in [0.4, 0.5) is 4.79 Å². The van der Waals surface area contributed by atoms with E-state index < -0.39 is 11.7 Å². The highest BCUT2D eigenvalue weighted by Crippen LogP contribution is 2.19. The molecule has 0 radical (unpaired) electrons. The zero-order chi connectivity index (χ0) is 17.4. The maximum Gasteiger partial charge on any atom is 0.407 e. The van der Waals surface area contributed by atoms with Crippen molar-refractivity contribution >= 4 is 6.09 Å². The summed E-state index contributed by atoms with van der Waals surface area (Å²) in [6.07, 6.45) is 0.171. The summed E-state index contributed by atoms with van der Waals surface area (Å²) >= 11 is 0. The molecule has 0 saturated heterocycles. The highest BCUT2D eigenvalue weighted by atomic mass is 16.6. The van der Waals surface area contributed by atoms with Crippen LogP contribution in [0.15, 0.2) is 54.6 Å². The van der Waals surface area contributed by atoms with Crippen molar-refractivity contribution in [3.8, 4) is 23.0 Å². The van der Waals surface area contributed by atoms with E-state index in [0.29, 0.717) is 13.0 Å². The van der Waals surface area contributed by atoms with Gasteiger partial charge in [0.1, 0.15) is 5.60 Å². The molecule has 2 aromatic carbocycles. The molecule has 0 aliphatic heterocycles. The quantitative estimate of drug-likeness (QED) is 0.662. The summed E-state index contributed by atoms with van der Waals surface area (Å²) in [7, 11) is 0. The lowest BCUT2D eigenvalue weighted by Crippen LogP contribution is -2.32. The molecule has 2 rings (SSSR count). The van der Waals surface area contributed by atoms with Gasteiger partial charge in [0, 0.05) is 18.5 Å². The van der Waals surface area contributed by atoms with E-state index >= 15 is 0 Å². The monoisotopic (exact) mass is 321 g/mol. The van der Waals surface area contributed by atoms with Crippen molar-refractivity contribution in [1.29, 1.82) is 0 Å². The maximum absolute atomic E-state index is 11.5. The normalized spacial score (nSPS) is 10.5. The third-order valence-corrected chi connectivity index (χ3v) is 3.12. The summed E-state index contributed by atoms with van der Waals surface area (Å²) in [6.45, 7) is 5.99. The van der Waals surface area contributed by atoms with Gasteiger partial charge in [-0.2, -0.15) is 0 Å². The lowest BCUT2D eigenvalue weighted by molar-refractivity contribution is 0.0529. The van der Waals surface area contributed by atoms with Gasteiger partial charge in [0.2, 0.25) is 0 Å². The molecular formula is C21H23NO2. The molecule has 0 spiro atoms. The van der Waals surface area contributed by atoms with Gasteiger partial charge in [-0.1, -0.05) is 54.3 Å². The van der Waals surface area contributed by atoms with Gasteiger partial charge in [-0.15, -0.1) is 0 Å². The molecule has 0 aliphatic carbocycles. The van der Waals surface area contributed by atoms with Crippen LogP contribution in [0.25, 0.3) is 11.1 Å². The molecule has 0 aliphatic rings. The molecule has 0 fully saturated rings. The number of ether oxygens (including phenoxy) is 1. The Morgan fingerprint density at radius 2 is 1.75 bits per heavy atom. The Bertz CT molecular complexity index is 734. The summed E-state index contributed by atoms with van der Waals surface area (Å²) in [5, 5.41) is 2.70. The largest absolute Gasteiger partial charge is 0.444 e. The minimum Gasteiger partial charge on any atom is -0.444 e. The van der Waals surface area contributed by atoms with Crippen LogP contribution >= 0.6 is 0 Å². The van der Waals surface area contributed by atoms with Gasteiger partial charge in [-0.05, 0) is 44.0 Å². The van der Waals surface area contributed by atoms with E-state index in [9.17, 15) is 4.79 Å². The van der Waals surface area contributed by atoms with Crippen molar-refractivity contribution in [1.82, 2.24) is 5.32 Å². The second-order valence-corrected chi connectivity index (χ2v) is 6.43. The number of carbonyl (C=O) groups excluding carboxylic acids is 1. The van der Waals surface area contributed by atoms with E-state index in [0.717, 1.165) is 11.1 Å². The third-order valence-electron chi connectivity index (χ3n) is 3.12. The van der Waals surface area contributed by atoms with Crippen molar-refractivity contribution in [2.75, 3.05) is 6.54 Å². The number of benzene rings is 2. The summed E-state index contributed by atoms with van der Waals surface area (Å²) in [5.74, 6) is 6.21. The van der Waals surface area contributed by atoms with Crippen LogP contribution in [-0.2, 0) is 4.74 Å². The number of rotatable bonds is 3. The average Bonchev–Trinajstić information content (AvgIpc) is 2.54. The summed E-state index contributed by atoms with van der Waals surface area (Å²) in [6, 6.07) is 18.4. The fourth-order valence-electron chi connectivity index (χ4n) is 2.11. The molecule has 0 unspecified atom stereocenters. The highest BCUT2D eigenvalue weighted by molar-refractivity contribution is 5.67. The van der Waals surface area contributed by atoms with Crippen molar-refractivity contribution in [3.63, 3.8) is 0 Å². The van der Waals surface area contributed by atoms with Gasteiger partial charge in [0.15, 0.2) is 0 Å². The Labute approximate surface area is 144 Å². The fourth-order valence-corrected chi connectivity index (χ4v) is 2.11. The Hall–Kier alpha value is -2.73. The van der Waals surface area contributed by atoms with Crippen LogP contribution in [-0.4, -0.2) is 18.2 Å². The van der Waals surface area contributed by atoms with Crippen molar-refractivity contribution in [2.24, 2.45) is 0 Å². The highest BCUT2D eigenvalue weighted by Gasteiger charge is 2.15. The van der Waals surface area contributed by atoms with Gasteiger partial charge in [0.25, 0.3) is 0 Å². The predicted octanol–water partition coefficient (Wildman–Crippen LogP) is 4.62. The summed E-state index contributed by atoms with van der Waals surface area (Å²) in [5.41, 5.74) is 2.81. The van der Waals surface area contributed by atoms with E-state index in [1.807, 2.05) is 51.1 Å². The molecule has 1 N–H and O–H groups in total. The first kappa shape index (κ1) is 17.6. The van der Waals surface area contributed by atoms with E-state index in [1.54, 1.807) is 0 Å². The molecule has 1 amide bonds. The number of hydrogen-bond donors (Lipinski definition) is 1. The first-order valence-electron chi connectivity index (χ1n) is 8.05. The predicted molar refractivity (Wildman–Crippen MR) is 97.6 cm³/mol. The van der Waals surface area contributed by atoms with Crippen LogP contribution in [0.5, 0.6) is 0 Å². The molecule has 0 aromatic heterocycles. The first-order valence-corrected chi connectivity index (χ1v) is 8.05. The molecule has 3 nitrogen and oxygen atoms in total. The summed E-state index contributed by atoms with van der Waals surface area (Å²) < 4.78 is 5.17. The van der Waals surface area contributed by atoms with Crippen LogP contribution in [0, 0.1) is 11.8 Å². The van der Waals surface area contributed by atoms with E-state index in [1.165, 1.54) is 5.56 Å². The topological polar surface area (TPSA) is 38.3 Å². The fraction of sp³-hybridized carbons (Fsp3) is 0.286. The van der Waals surface area contributed by atoms with Crippen molar-refractivity contribution < 1.29 is 9.53 Å². The van der Waals surface area contributed by atoms with E-state index in [2.05, 4.69) is 41.4 Å². The third kappa shape index (κ3) is 6.18. The lowest BCUT2D eigenvalue weighted by Gasteiger charge is -2.19. The number of nitrogens with one attached hydrogen (secondary N) is 1. The van der Waals surface area contributed by atoms with Crippen LogP contribution in [0.2, 0.25) is 0 Å². The van der Waals surface area contributed by atoms with Crippen LogP contribution < -0.4 is 5.32 Å². The average molecular weight is 321 g/mol. The van der Waals surface area contributed by atoms with Gasteiger partial charge in [0.05, 0.1) is 0 Å². The SMILES string of the molecule is CC(C)(C)OC(=O)NCCC#Cc1cccc(-c2ccccc2)c1. The maximum atomic E-state index is 11.5. The molecule has 3 heteroatoms. The van der Waals surface area contributed by atoms with E-state index in [4.69, 9.17) is 4.74 Å². The van der Waals surface area contributed by atoms with Crippen LogP contribution in [0.3, 0.4) is 0 Å². The lowest BCUT2D eigenvalue weighted by atomic mass is 10.0. The van der Waals surface area contributed by atoms with Crippen molar-refractivity contribution in [2.45, 2.75) is 32.8 Å². The molecule has 24 heavy (non-hydrogen) atoms. The zero-order valence-corrected chi connectivity index (χ0v) is 14.4. The number of hydrogen-bond acceptors (Lipinski definition) is 2. The van der Waals surface area contributed by atoms with Crippen LogP contribution in [0.1, 0.15) is 32.8 Å². The Morgan fingerprint density at radius 1 is 1.04 bits per heavy atom. The molecule has 0 heterocycles. The summed E-state index contributed by atoms with van der Waals surface area (Å²) in [4.78, 5) is 11.5. The van der Waals surface area contributed by atoms with Gasteiger partial charge >= 0.3 is 6.09 Å².